The van der Waals surface area contributed by atoms with E-state index in [2.05, 4.69) is 15.3 Å². The molecule has 0 saturated carbocycles. The third-order valence-electron chi connectivity index (χ3n) is 2.56. The molecule has 0 saturated heterocycles. The van der Waals surface area contributed by atoms with Crippen LogP contribution in [0.25, 0.3) is 11.0 Å². The van der Waals surface area contributed by atoms with Crippen LogP contribution in [0.1, 0.15) is 12.5 Å². The van der Waals surface area contributed by atoms with Gasteiger partial charge in [0.25, 0.3) is 0 Å². The Hall–Kier alpha value is -1.88. The molecule has 5 heteroatoms. The highest BCUT2D eigenvalue weighted by molar-refractivity contribution is 5.80. The van der Waals surface area contributed by atoms with Crippen LogP contribution in [-0.2, 0) is 11.3 Å². The van der Waals surface area contributed by atoms with Crippen LogP contribution in [0.4, 0.5) is 0 Å². The first-order chi connectivity index (χ1) is 7.68. The lowest BCUT2D eigenvalue weighted by Gasteiger charge is -2.08. The van der Waals surface area contributed by atoms with Crippen molar-refractivity contribution in [3.05, 3.63) is 30.1 Å². The fourth-order valence-electron chi connectivity index (χ4n) is 1.52. The second kappa shape index (κ2) is 4.32. The monoisotopic (exact) mass is 218 g/mol. The first kappa shape index (κ1) is 10.6. The molecule has 0 fully saturated rings. The molecule has 1 unspecified atom stereocenters. The van der Waals surface area contributed by atoms with Crippen molar-refractivity contribution in [2.75, 3.05) is 0 Å². The van der Waals surface area contributed by atoms with Crippen LogP contribution in [0.2, 0.25) is 0 Å². The standard InChI is InChI=1S/C11H14N4O/c1-7(10(12)16)14-5-8-6-15-11-9(8)3-2-4-13-11/h2-4,6-7,14H,5H2,1H3,(H2,12,16)(H,13,15). The first-order valence-corrected chi connectivity index (χ1v) is 5.12. The van der Waals surface area contributed by atoms with Crippen molar-refractivity contribution < 1.29 is 4.79 Å². The number of nitrogens with zero attached hydrogens (tertiary/aromatic N) is 1. The van der Waals surface area contributed by atoms with Crippen LogP contribution < -0.4 is 11.1 Å². The highest BCUT2D eigenvalue weighted by atomic mass is 16.1. The van der Waals surface area contributed by atoms with Gasteiger partial charge in [-0.25, -0.2) is 4.98 Å². The minimum atomic E-state index is -0.349. The normalized spacial score (nSPS) is 12.8. The molecule has 2 rings (SSSR count). The number of nitrogens with two attached hydrogens (primary N) is 1. The van der Waals surface area contributed by atoms with Crippen LogP contribution in [0.5, 0.6) is 0 Å². The maximum absolute atomic E-state index is 10.9. The van der Waals surface area contributed by atoms with Gasteiger partial charge in [0.05, 0.1) is 6.04 Å². The number of rotatable bonds is 4. The summed E-state index contributed by atoms with van der Waals surface area (Å²) in [5.41, 5.74) is 7.10. The van der Waals surface area contributed by atoms with Crippen LogP contribution in [0, 0.1) is 0 Å². The Balaban J connectivity index is 2.13. The second-order valence-electron chi connectivity index (χ2n) is 3.72. The van der Waals surface area contributed by atoms with Gasteiger partial charge >= 0.3 is 0 Å². The van der Waals surface area contributed by atoms with Crippen LogP contribution >= 0.6 is 0 Å². The number of fused-ring (bicyclic) bond motifs is 1. The number of aromatic amines is 1. The van der Waals surface area contributed by atoms with Crippen LogP contribution in [0.15, 0.2) is 24.5 Å². The van der Waals surface area contributed by atoms with Gasteiger partial charge in [-0.1, -0.05) is 0 Å². The number of primary amides is 1. The summed E-state index contributed by atoms with van der Waals surface area (Å²) < 4.78 is 0. The zero-order valence-corrected chi connectivity index (χ0v) is 9.03. The van der Waals surface area contributed by atoms with Gasteiger partial charge in [0.1, 0.15) is 5.65 Å². The first-order valence-electron chi connectivity index (χ1n) is 5.12. The molecule has 0 radical (unpaired) electrons. The maximum Gasteiger partial charge on any atom is 0.234 e. The molecule has 2 aromatic heterocycles. The molecule has 4 N–H and O–H groups in total. The third-order valence-corrected chi connectivity index (χ3v) is 2.56. The molecule has 2 aromatic rings. The molecule has 0 aliphatic rings. The number of carbonyl (C=O) groups excluding carboxylic acids is 1. The highest BCUT2D eigenvalue weighted by Crippen LogP contribution is 2.15. The maximum atomic E-state index is 10.9. The van der Waals surface area contributed by atoms with E-state index in [1.54, 1.807) is 13.1 Å². The Bertz CT molecular complexity index is 505. The number of pyridine rings is 1. The summed E-state index contributed by atoms with van der Waals surface area (Å²) in [5.74, 6) is -0.349. The summed E-state index contributed by atoms with van der Waals surface area (Å²) in [5, 5.41) is 4.12. The van der Waals surface area contributed by atoms with E-state index in [1.807, 2.05) is 18.3 Å². The Labute approximate surface area is 93.1 Å². The van der Waals surface area contributed by atoms with E-state index < -0.39 is 0 Å². The van der Waals surface area contributed by atoms with Crippen molar-refractivity contribution in [3.63, 3.8) is 0 Å². The summed E-state index contributed by atoms with van der Waals surface area (Å²) >= 11 is 0. The van der Waals surface area contributed by atoms with Gasteiger partial charge in [-0.3, -0.25) is 4.79 Å². The summed E-state index contributed by atoms with van der Waals surface area (Å²) in [6, 6.07) is 3.55. The summed E-state index contributed by atoms with van der Waals surface area (Å²) in [6.45, 7) is 2.34. The van der Waals surface area contributed by atoms with E-state index in [4.69, 9.17) is 5.73 Å². The van der Waals surface area contributed by atoms with Gasteiger partial charge in [-0.15, -0.1) is 0 Å². The van der Waals surface area contributed by atoms with E-state index >= 15 is 0 Å². The topological polar surface area (TPSA) is 83.8 Å². The minimum Gasteiger partial charge on any atom is -0.368 e. The van der Waals surface area contributed by atoms with Crippen molar-refractivity contribution in [1.29, 1.82) is 0 Å². The van der Waals surface area contributed by atoms with Crippen molar-refractivity contribution in [1.82, 2.24) is 15.3 Å². The lowest BCUT2D eigenvalue weighted by atomic mass is 10.2. The average molecular weight is 218 g/mol. The summed E-state index contributed by atoms with van der Waals surface area (Å²) in [6.07, 6.45) is 3.63. The van der Waals surface area contributed by atoms with Crippen molar-refractivity contribution >= 4 is 16.9 Å². The van der Waals surface area contributed by atoms with Gasteiger partial charge in [0.15, 0.2) is 0 Å². The zero-order valence-electron chi connectivity index (χ0n) is 9.03. The number of hydrogen-bond acceptors (Lipinski definition) is 3. The quantitative estimate of drug-likeness (QED) is 0.699. The lowest BCUT2D eigenvalue weighted by molar-refractivity contribution is -0.119. The number of amides is 1. The van der Waals surface area contributed by atoms with E-state index in [0.717, 1.165) is 16.6 Å². The summed E-state index contributed by atoms with van der Waals surface area (Å²) in [4.78, 5) is 18.1. The molecule has 0 aliphatic carbocycles. The summed E-state index contributed by atoms with van der Waals surface area (Å²) in [7, 11) is 0. The van der Waals surface area contributed by atoms with E-state index in [0.29, 0.717) is 6.54 Å². The molecule has 1 atom stereocenters. The SMILES string of the molecule is CC(NCc1c[nH]c2ncccc12)C(N)=O. The molecule has 16 heavy (non-hydrogen) atoms. The van der Waals surface area contributed by atoms with Crippen molar-refractivity contribution in [3.8, 4) is 0 Å². The molecule has 0 aliphatic heterocycles. The molecule has 0 bridgehead atoms. The number of hydrogen-bond donors (Lipinski definition) is 3. The molecular formula is C11H14N4O. The Morgan fingerprint density at radius 1 is 1.69 bits per heavy atom. The largest absolute Gasteiger partial charge is 0.368 e. The Morgan fingerprint density at radius 3 is 3.25 bits per heavy atom. The van der Waals surface area contributed by atoms with Gasteiger partial charge in [0, 0.05) is 24.3 Å². The fraction of sp³-hybridized carbons (Fsp3) is 0.273. The van der Waals surface area contributed by atoms with E-state index in [-0.39, 0.29) is 11.9 Å². The predicted molar refractivity (Wildman–Crippen MR) is 61.6 cm³/mol. The minimum absolute atomic E-state index is 0.332. The van der Waals surface area contributed by atoms with Gasteiger partial charge in [-0.05, 0) is 24.6 Å². The molecule has 5 nitrogen and oxygen atoms in total. The Kier molecular flexibility index (Phi) is 2.87. The second-order valence-corrected chi connectivity index (χ2v) is 3.72. The molecule has 0 aromatic carbocycles. The number of carbonyl (C=O) groups is 1. The highest BCUT2D eigenvalue weighted by Gasteiger charge is 2.09. The molecule has 84 valence electrons. The average Bonchev–Trinajstić information content (AvgIpc) is 2.69. The van der Waals surface area contributed by atoms with Crippen LogP contribution in [0.3, 0.4) is 0 Å². The van der Waals surface area contributed by atoms with Crippen molar-refractivity contribution in [2.45, 2.75) is 19.5 Å². The van der Waals surface area contributed by atoms with Gasteiger partial charge in [-0.2, -0.15) is 0 Å². The predicted octanol–water partition coefficient (Wildman–Crippen LogP) is 0.526. The molecule has 1 amide bonds. The number of H-pyrrole nitrogens is 1. The Morgan fingerprint density at radius 2 is 2.50 bits per heavy atom. The number of aromatic nitrogens is 2. The number of nitrogens with one attached hydrogen (secondary N) is 2. The van der Waals surface area contributed by atoms with Gasteiger partial charge in [0.2, 0.25) is 5.91 Å². The lowest BCUT2D eigenvalue weighted by Crippen LogP contribution is -2.38. The fourth-order valence-corrected chi connectivity index (χ4v) is 1.52. The smallest absolute Gasteiger partial charge is 0.234 e. The van der Waals surface area contributed by atoms with E-state index in [9.17, 15) is 4.79 Å². The third kappa shape index (κ3) is 2.04. The molecule has 2 heterocycles. The van der Waals surface area contributed by atoms with Gasteiger partial charge < -0.3 is 16.0 Å². The van der Waals surface area contributed by atoms with E-state index in [1.165, 1.54) is 0 Å². The van der Waals surface area contributed by atoms with Crippen molar-refractivity contribution in [2.24, 2.45) is 5.73 Å². The zero-order chi connectivity index (χ0) is 11.5. The molecule has 0 spiro atoms. The molecular weight excluding hydrogens is 204 g/mol. The van der Waals surface area contributed by atoms with Crippen LogP contribution in [-0.4, -0.2) is 21.9 Å².